The summed E-state index contributed by atoms with van der Waals surface area (Å²) in [6.45, 7) is 2.25. The van der Waals surface area contributed by atoms with Crippen LogP contribution in [0.2, 0.25) is 0 Å². The van der Waals surface area contributed by atoms with Gasteiger partial charge in [-0.1, -0.05) is 128 Å². The molecular formula is C45H76N7O18P3S-4. The lowest BCUT2D eigenvalue weighted by atomic mass is 9.87. The van der Waals surface area contributed by atoms with E-state index >= 15 is 0 Å². The second-order valence-corrected chi connectivity index (χ2v) is 24.1. The summed E-state index contributed by atoms with van der Waals surface area (Å²) in [6.07, 6.45) is 17.6. The van der Waals surface area contributed by atoms with Crippen molar-refractivity contribution in [3.8, 4) is 0 Å². The Morgan fingerprint density at radius 2 is 1.46 bits per heavy atom. The van der Waals surface area contributed by atoms with E-state index < -0.39 is 90.7 Å². The van der Waals surface area contributed by atoms with Crippen LogP contribution in [0.4, 0.5) is 5.82 Å². The van der Waals surface area contributed by atoms with Gasteiger partial charge in [-0.2, -0.15) is 0 Å². The number of rotatable bonds is 40. The van der Waals surface area contributed by atoms with Gasteiger partial charge >= 0.3 is 0 Å². The number of amides is 2. The summed E-state index contributed by atoms with van der Waals surface area (Å²) in [6, 6.07) is 0. The maximum Gasteiger partial charge on any atom is 0.274 e. The number of aromatic nitrogens is 4. The first-order chi connectivity index (χ1) is 34.9. The van der Waals surface area contributed by atoms with Gasteiger partial charge in [0, 0.05) is 37.1 Å². The van der Waals surface area contributed by atoms with Crippen LogP contribution in [0.5, 0.6) is 0 Å². The third-order valence-corrected chi connectivity index (χ3v) is 15.9. The molecule has 2 amide bonds. The summed E-state index contributed by atoms with van der Waals surface area (Å²) in [7, 11) is -17.7. The number of nitrogens with one attached hydrogen (secondary N) is 2. The van der Waals surface area contributed by atoms with Crippen LogP contribution in [0.15, 0.2) is 24.8 Å². The standard InChI is InChI=1S/C45H80N7O18P3S/c1-4-5-6-7-8-9-10-11-12-13-14-15-16-17-18-19-20-21-22-23-33(53)28-36(55)74-27-26-47-35(54)24-25-48-43(58)40(57)45(2,3)30-67-73(64,65)70-72(62,63)66-29-34-39(69-71(59,60)61)38(56)44(68-34)52-32-51-37-41(46)49-31-50-42(37)52/h11-12,31-34,38-40,44,53,56-57H,4-10,13-30H2,1-3H3,(H,47,54)(H,48,58)(H,62,63)(H,64,65)(H2,46,49,50)(H2,59,60,61)/p-4/b12-11-/t33-,34-,38-,39-,40+,44-/m1/s1. The van der Waals surface area contributed by atoms with Crippen LogP contribution < -0.4 is 35.9 Å². The molecule has 0 aromatic carbocycles. The summed E-state index contributed by atoms with van der Waals surface area (Å²) in [5.41, 5.74) is 4.07. The first-order valence-electron chi connectivity index (χ1n) is 25.3. The Balaban J connectivity index is 1.24. The van der Waals surface area contributed by atoms with E-state index in [1.54, 1.807) is 0 Å². The smallest absolute Gasteiger partial charge is 0.274 e. The van der Waals surface area contributed by atoms with Gasteiger partial charge in [0.1, 0.15) is 36.3 Å². The lowest BCUT2D eigenvalue weighted by Crippen LogP contribution is -2.46. The van der Waals surface area contributed by atoms with Crippen LogP contribution >= 0.6 is 35.2 Å². The molecule has 8 atom stereocenters. The van der Waals surface area contributed by atoms with E-state index in [0.29, 0.717) is 6.42 Å². The Bertz CT molecular complexity index is 2190. The quantitative estimate of drug-likeness (QED) is 0.0316. The minimum absolute atomic E-state index is 0.0131. The summed E-state index contributed by atoms with van der Waals surface area (Å²) in [5.74, 6) is -1.33. The number of hydrogen-bond acceptors (Lipinski definition) is 23. The normalized spacial score (nSPS) is 19.9. The number of allylic oxidation sites excluding steroid dienone is 2. The second-order valence-electron chi connectivity index (χ2n) is 18.8. The molecule has 29 heteroatoms. The number of carbonyl (C=O) groups is 3. The fraction of sp³-hybridized carbons (Fsp3) is 0.778. The number of ether oxygens (including phenoxy) is 1. The van der Waals surface area contributed by atoms with Gasteiger partial charge in [-0.15, -0.1) is 0 Å². The van der Waals surface area contributed by atoms with Gasteiger partial charge in [0.25, 0.3) is 15.6 Å². The second kappa shape index (κ2) is 33.5. The van der Waals surface area contributed by atoms with Crippen molar-refractivity contribution in [2.24, 2.45) is 5.41 Å². The summed E-state index contributed by atoms with van der Waals surface area (Å²) >= 11 is 0.990. The number of imidazole rings is 1. The molecule has 0 bridgehead atoms. The van der Waals surface area contributed by atoms with E-state index in [1.165, 1.54) is 104 Å². The Hall–Kier alpha value is -2.74. The van der Waals surface area contributed by atoms with Crippen molar-refractivity contribution in [2.45, 2.75) is 186 Å². The topological polar surface area (TPSA) is 395 Å². The van der Waals surface area contributed by atoms with Gasteiger partial charge in [0.15, 0.2) is 22.8 Å². The maximum absolute atomic E-state index is 12.7. The molecule has 0 saturated carbocycles. The van der Waals surface area contributed by atoms with Gasteiger partial charge in [0.05, 0.1) is 33.5 Å². The lowest BCUT2D eigenvalue weighted by Gasteiger charge is -2.36. The number of phosphoric ester groups is 3. The zero-order valence-electron chi connectivity index (χ0n) is 42.5. The molecule has 0 spiro atoms. The molecule has 424 valence electrons. The van der Waals surface area contributed by atoms with Crippen molar-refractivity contribution in [3.63, 3.8) is 0 Å². The molecule has 0 aliphatic carbocycles. The molecule has 74 heavy (non-hydrogen) atoms. The molecule has 2 aromatic heterocycles. The monoisotopic (exact) mass is 1130 g/mol. The third-order valence-electron chi connectivity index (χ3n) is 11.9. The average molecular weight is 1130 g/mol. The van der Waals surface area contributed by atoms with Crippen molar-refractivity contribution in [2.75, 3.05) is 37.8 Å². The highest BCUT2D eigenvalue weighted by Gasteiger charge is 2.47. The zero-order valence-corrected chi connectivity index (χ0v) is 46.0. The van der Waals surface area contributed by atoms with E-state index in [1.807, 2.05) is 0 Å². The molecule has 1 aliphatic rings. The number of phosphoric acid groups is 3. The van der Waals surface area contributed by atoms with E-state index in [-0.39, 0.29) is 53.8 Å². The fourth-order valence-corrected chi connectivity index (χ4v) is 11.3. The summed E-state index contributed by atoms with van der Waals surface area (Å²) < 4.78 is 60.9. The molecule has 1 fully saturated rings. The third kappa shape index (κ3) is 25.6. The average Bonchev–Trinajstić information content (AvgIpc) is 3.89. The van der Waals surface area contributed by atoms with Gasteiger partial charge in [-0.25, -0.2) is 19.3 Å². The van der Waals surface area contributed by atoms with Crippen LogP contribution in [0, 0.1) is 5.41 Å². The van der Waals surface area contributed by atoms with Crippen LogP contribution in [-0.4, -0.2) is 114 Å². The molecule has 25 nitrogen and oxygen atoms in total. The molecule has 2 unspecified atom stereocenters. The van der Waals surface area contributed by atoms with Gasteiger partial charge in [0.2, 0.25) is 11.8 Å². The van der Waals surface area contributed by atoms with Crippen molar-refractivity contribution < 1.29 is 85.6 Å². The Kier molecular flexibility index (Phi) is 29.7. The summed E-state index contributed by atoms with van der Waals surface area (Å²) in [5, 5.41) is 36.5. The highest BCUT2D eigenvalue weighted by Crippen LogP contribution is 2.56. The number of nitrogens with zero attached hydrogens (tertiary/aromatic N) is 4. The maximum atomic E-state index is 12.7. The number of nitrogens with two attached hydrogens (primary N) is 1. The lowest BCUT2D eigenvalue weighted by molar-refractivity contribution is -0.347. The minimum Gasteiger partial charge on any atom is -0.790 e. The largest absolute Gasteiger partial charge is 0.790 e. The number of unbranched alkanes of at least 4 members (excludes halogenated alkanes) is 15. The molecule has 1 saturated heterocycles. The molecule has 2 aromatic rings. The van der Waals surface area contributed by atoms with E-state index in [9.17, 15) is 63.0 Å². The van der Waals surface area contributed by atoms with Crippen LogP contribution in [0.3, 0.4) is 0 Å². The van der Waals surface area contributed by atoms with Gasteiger partial charge in [-0.3, -0.25) is 28.1 Å². The first-order valence-corrected chi connectivity index (χ1v) is 30.6. The highest BCUT2D eigenvalue weighted by molar-refractivity contribution is 8.13. The first kappa shape index (κ1) is 65.5. The fourth-order valence-electron chi connectivity index (χ4n) is 7.78. The Morgan fingerprint density at radius 3 is 2.08 bits per heavy atom. The predicted octanol–water partition coefficient (Wildman–Crippen LogP) is 3.49. The SMILES string of the molecule is CCCCCCCC/C=C\CCCCCCCCCCC[C@@H](O)CC(=O)SCCNC(=O)CCNC(=O)[C@H](O)C(C)(C)COP(=O)([O-])OP(=O)([O-])OC[C@H]1O[C@@H](n2cnc3c(N)ncnc32)[C@H](O)[C@@H]1OP(=O)([O-])[O-]. The van der Waals surface area contributed by atoms with Crippen molar-refractivity contribution in [3.05, 3.63) is 24.8 Å². The summed E-state index contributed by atoms with van der Waals surface area (Å²) in [4.78, 5) is 97.1. The van der Waals surface area contributed by atoms with E-state index in [0.717, 1.165) is 48.2 Å². The molecule has 3 heterocycles. The van der Waals surface area contributed by atoms with Crippen LogP contribution in [0.1, 0.15) is 155 Å². The van der Waals surface area contributed by atoms with Crippen molar-refractivity contribution >= 4 is 69.1 Å². The minimum atomic E-state index is -5.93. The number of thioether (sulfide) groups is 1. The van der Waals surface area contributed by atoms with Gasteiger partial charge in [-0.05, 0) is 32.1 Å². The number of nitrogen functional groups attached to an aromatic ring is 1. The van der Waals surface area contributed by atoms with Gasteiger partial charge < -0.3 is 74.1 Å². The van der Waals surface area contributed by atoms with Crippen molar-refractivity contribution in [1.82, 2.24) is 30.2 Å². The molecule has 3 rings (SSSR count). The highest BCUT2D eigenvalue weighted by atomic mass is 32.2. The number of fused-ring (bicyclic) bond motifs is 1. The number of aliphatic hydroxyl groups is 3. The number of anilines is 1. The van der Waals surface area contributed by atoms with Crippen LogP contribution in [-0.2, 0) is 50.7 Å². The molecular weight excluding hydrogens is 1050 g/mol. The zero-order chi connectivity index (χ0) is 54.8. The van der Waals surface area contributed by atoms with E-state index in [2.05, 4.69) is 62.5 Å². The number of carbonyl (C=O) groups excluding carboxylic acids is 3. The number of aliphatic hydroxyl groups excluding tert-OH is 3. The molecule has 7 N–H and O–H groups in total. The predicted molar refractivity (Wildman–Crippen MR) is 267 cm³/mol. The van der Waals surface area contributed by atoms with E-state index in [4.69, 9.17) is 10.5 Å². The number of hydrogen-bond donors (Lipinski definition) is 6. The molecule has 1 aliphatic heterocycles. The Labute approximate surface area is 437 Å². The van der Waals surface area contributed by atoms with Crippen molar-refractivity contribution in [1.29, 1.82) is 0 Å². The van der Waals surface area contributed by atoms with Crippen LogP contribution in [0.25, 0.3) is 11.2 Å². The Morgan fingerprint density at radius 1 is 0.865 bits per heavy atom. The molecule has 0 radical (unpaired) electrons.